The molecule has 1 unspecified atom stereocenters. The number of amides is 1. The Labute approximate surface area is 69.6 Å². The molecule has 62 valence electrons. The van der Waals surface area contributed by atoms with Crippen LogP contribution in [0.15, 0.2) is 6.33 Å². The Kier molecular flexibility index (Phi) is 2.43. The molecule has 0 aliphatic carbocycles. The van der Waals surface area contributed by atoms with Crippen molar-refractivity contribution in [1.82, 2.24) is 20.5 Å². The van der Waals surface area contributed by atoms with Crippen molar-refractivity contribution < 1.29 is 4.79 Å². The number of carbonyl (C=O) groups excluding carboxylic acids is 1. The predicted octanol–water partition coefficient (Wildman–Crippen LogP) is -0.444. The normalized spacial score (nSPS) is 11.7. The largest absolute Gasteiger partial charge is 0.336 e. The first-order chi connectivity index (χ1) is 5.74. The standard InChI is InChI=1S/C7H8N4O/c1-3-5(2)10-7(12)6-8-4-9-11-6/h1,4-5H,2H3,(H,10,12)(H,8,9,11). The summed E-state index contributed by atoms with van der Waals surface area (Å²) in [5.41, 5.74) is 0. The monoisotopic (exact) mass is 164 g/mol. The van der Waals surface area contributed by atoms with Crippen LogP contribution in [-0.2, 0) is 0 Å². The van der Waals surface area contributed by atoms with Crippen molar-refractivity contribution in [2.45, 2.75) is 13.0 Å². The van der Waals surface area contributed by atoms with Crippen molar-refractivity contribution in [2.24, 2.45) is 0 Å². The van der Waals surface area contributed by atoms with Gasteiger partial charge in [-0.3, -0.25) is 9.89 Å². The summed E-state index contributed by atoms with van der Waals surface area (Å²) >= 11 is 0. The van der Waals surface area contributed by atoms with Crippen LogP contribution in [0.3, 0.4) is 0 Å². The van der Waals surface area contributed by atoms with Gasteiger partial charge in [0.1, 0.15) is 6.33 Å². The van der Waals surface area contributed by atoms with Crippen molar-refractivity contribution in [3.8, 4) is 12.3 Å². The Balaban J connectivity index is 2.57. The van der Waals surface area contributed by atoms with E-state index in [2.05, 4.69) is 26.4 Å². The molecule has 5 nitrogen and oxygen atoms in total. The Morgan fingerprint density at radius 2 is 2.67 bits per heavy atom. The van der Waals surface area contributed by atoms with Gasteiger partial charge in [0.25, 0.3) is 5.91 Å². The lowest BCUT2D eigenvalue weighted by atomic mass is 10.3. The zero-order chi connectivity index (χ0) is 8.97. The zero-order valence-electron chi connectivity index (χ0n) is 6.53. The minimum Gasteiger partial charge on any atom is -0.336 e. The molecule has 0 saturated carbocycles. The van der Waals surface area contributed by atoms with E-state index in [4.69, 9.17) is 6.42 Å². The first-order valence-electron chi connectivity index (χ1n) is 3.36. The summed E-state index contributed by atoms with van der Waals surface area (Å²) in [7, 11) is 0. The van der Waals surface area contributed by atoms with E-state index in [1.807, 2.05) is 0 Å². The van der Waals surface area contributed by atoms with Gasteiger partial charge >= 0.3 is 0 Å². The van der Waals surface area contributed by atoms with Crippen molar-refractivity contribution >= 4 is 5.91 Å². The summed E-state index contributed by atoms with van der Waals surface area (Å²) in [6, 6.07) is -0.303. The predicted molar refractivity (Wildman–Crippen MR) is 42.1 cm³/mol. The second-order valence-electron chi connectivity index (χ2n) is 2.20. The minimum atomic E-state index is -0.349. The summed E-state index contributed by atoms with van der Waals surface area (Å²) in [4.78, 5) is 14.8. The van der Waals surface area contributed by atoms with Crippen LogP contribution in [0.1, 0.15) is 17.5 Å². The third-order valence-electron chi connectivity index (χ3n) is 1.23. The molecule has 1 heterocycles. The highest BCUT2D eigenvalue weighted by Gasteiger charge is 2.09. The van der Waals surface area contributed by atoms with E-state index in [-0.39, 0.29) is 17.8 Å². The van der Waals surface area contributed by atoms with Crippen molar-refractivity contribution in [2.75, 3.05) is 0 Å². The van der Waals surface area contributed by atoms with Crippen LogP contribution in [-0.4, -0.2) is 27.1 Å². The van der Waals surface area contributed by atoms with Crippen molar-refractivity contribution in [1.29, 1.82) is 0 Å². The summed E-state index contributed by atoms with van der Waals surface area (Å²) in [5, 5.41) is 8.48. The summed E-state index contributed by atoms with van der Waals surface area (Å²) in [6.07, 6.45) is 6.32. The van der Waals surface area contributed by atoms with Crippen LogP contribution >= 0.6 is 0 Å². The third-order valence-corrected chi connectivity index (χ3v) is 1.23. The number of carbonyl (C=O) groups is 1. The molecule has 0 saturated heterocycles. The van der Waals surface area contributed by atoms with E-state index in [1.165, 1.54) is 6.33 Å². The fourth-order valence-electron chi connectivity index (χ4n) is 0.622. The molecule has 1 rings (SSSR count). The molecule has 2 N–H and O–H groups in total. The van der Waals surface area contributed by atoms with Gasteiger partial charge in [-0.2, -0.15) is 5.10 Å². The molecule has 1 aromatic heterocycles. The lowest BCUT2D eigenvalue weighted by Crippen LogP contribution is -2.32. The van der Waals surface area contributed by atoms with E-state index in [0.29, 0.717) is 0 Å². The molecule has 0 aliphatic rings. The van der Waals surface area contributed by atoms with Gasteiger partial charge in [-0.25, -0.2) is 4.98 Å². The van der Waals surface area contributed by atoms with Crippen LogP contribution in [0.25, 0.3) is 0 Å². The van der Waals surface area contributed by atoms with Crippen LogP contribution < -0.4 is 5.32 Å². The average Bonchev–Trinajstić information content (AvgIpc) is 2.56. The fraction of sp³-hybridized carbons (Fsp3) is 0.286. The van der Waals surface area contributed by atoms with Crippen LogP contribution in [0, 0.1) is 12.3 Å². The van der Waals surface area contributed by atoms with Gasteiger partial charge in [0, 0.05) is 0 Å². The van der Waals surface area contributed by atoms with Gasteiger partial charge in [-0.05, 0) is 6.92 Å². The maximum Gasteiger partial charge on any atom is 0.289 e. The second-order valence-corrected chi connectivity index (χ2v) is 2.20. The summed E-state index contributed by atoms with van der Waals surface area (Å²) < 4.78 is 0. The first-order valence-corrected chi connectivity index (χ1v) is 3.36. The number of hydrogen-bond acceptors (Lipinski definition) is 3. The number of terminal acetylenes is 1. The summed E-state index contributed by atoms with van der Waals surface area (Å²) in [5.74, 6) is 2.18. The van der Waals surface area contributed by atoms with Gasteiger partial charge in [-0.15, -0.1) is 6.42 Å². The smallest absolute Gasteiger partial charge is 0.289 e. The first kappa shape index (κ1) is 8.27. The van der Waals surface area contributed by atoms with Crippen LogP contribution in [0.5, 0.6) is 0 Å². The Morgan fingerprint density at radius 1 is 1.92 bits per heavy atom. The minimum absolute atomic E-state index is 0.164. The van der Waals surface area contributed by atoms with Gasteiger partial charge in [0.2, 0.25) is 5.82 Å². The maximum atomic E-state index is 11.1. The van der Waals surface area contributed by atoms with Crippen LogP contribution in [0.2, 0.25) is 0 Å². The number of hydrogen-bond donors (Lipinski definition) is 2. The van der Waals surface area contributed by atoms with E-state index in [9.17, 15) is 4.79 Å². The third kappa shape index (κ3) is 1.83. The average molecular weight is 164 g/mol. The van der Waals surface area contributed by atoms with E-state index < -0.39 is 0 Å². The molecule has 0 radical (unpaired) electrons. The van der Waals surface area contributed by atoms with E-state index in [0.717, 1.165) is 0 Å². The van der Waals surface area contributed by atoms with Gasteiger partial charge in [-0.1, -0.05) is 5.92 Å². The number of aromatic nitrogens is 3. The molecule has 1 aromatic rings. The quantitative estimate of drug-likeness (QED) is 0.582. The van der Waals surface area contributed by atoms with Crippen LogP contribution in [0.4, 0.5) is 0 Å². The molecule has 12 heavy (non-hydrogen) atoms. The molecule has 0 aromatic carbocycles. The highest BCUT2D eigenvalue weighted by Crippen LogP contribution is 1.86. The van der Waals surface area contributed by atoms with E-state index >= 15 is 0 Å². The van der Waals surface area contributed by atoms with Crippen molar-refractivity contribution in [3.63, 3.8) is 0 Å². The van der Waals surface area contributed by atoms with E-state index in [1.54, 1.807) is 6.92 Å². The Morgan fingerprint density at radius 3 is 3.17 bits per heavy atom. The fourth-order valence-corrected chi connectivity index (χ4v) is 0.622. The maximum absolute atomic E-state index is 11.1. The number of rotatable bonds is 2. The molecular formula is C7H8N4O. The molecular weight excluding hydrogens is 156 g/mol. The molecule has 1 atom stereocenters. The highest BCUT2D eigenvalue weighted by atomic mass is 16.2. The molecule has 0 fully saturated rings. The Bertz CT molecular complexity index is 298. The number of H-pyrrole nitrogens is 1. The molecule has 0 aliphatic heterocycles. The lowest BCUT2D eigenvalue weighted by Gasteiger charge is -2.03. The molecule has 5 heteroatoms. The lowest BCUT2D eigenvalue weighted by molar-refractivity contribution is 0.0938. The van der Waals surface area contributed by atoms with Crippen molar-refractivity contribution in [3.05, 3.63) is 12.2 Å². The topological polar surface area (TPSA) is 70.7 Å². The number of aromatic amines is 1. The summed E-state index contributed by atoms with van der Waals surface area (Å²) in [6.45, 7) is 1.70. The molecule has 0 bridgehead atoms. The number of nitrogens with one attached hydrogen (secondary N) is 2. The molecule has 0 spiro atoms. The molecule has 1 amide bonds. The SMILES string of the molecule is C#CC(C)NC(=O)c1ncn[nH]1. The highest BCUT2D eigenvalue weighted by molar-refractivity contribution is 5.90. The Hall–Kier alpha value is -1.83. The zero-order valence-corrected chi connectivity index (χ0v) is 6.53. The van der Waals surface area contributed by atoms with Gasteiger partial charge in [0.15, 0.2) is 0 Å². The second kappa shape index (κ2) is 3.53. The van der Waals surface area contributed by atoms with Gasteiger partial charge < -0.3 is 5.32 Å². The number of nitrogens with zero attached hydrogens (tertiary/aromatic N) is 2. The van der Waals surface area contributed by atoms with Gasteiger partial charge in [0.05, 0.1) is 6.04 Å².